The van der Waals surface area contributed by atoms with Crippen LogP contribution < -0.4 is 5.69 Å². The van der Waals surface area contributed by atoms with Crippen LogP contribution in [0.15, 0.2) is 16.9 Å². The summed E-state index contributed by atoms with van der Waals surface area (Å²) in [6.45, 7) is 7.46. The summed E-state index contributed by atoms with van der Waals surface area (Å²) in [5.41, 5.74) is 0.267. The van der Waals surface area contributed by atoms with Crippen LogP contribution in [0.1, 0.15) is 13.8 Å². The van der Waals surface area contributed by atoms with Gasteiger partial charge in [-0.25, -0.2) is 9.48 Å². The SMILES string of the molecule is CCN(CC)CCn1nc2ccc(Cl)nn2c1=O. The Hall–Kier alpha value is -1.40. The zero-order valence-corrected chi connectivity index (χ0v) is 11.3. The summed E-state index contributed by atoms with van der Waals surface area (Å²) >= 11 is 5.76. The largest absolute Gasteiger partial charge is 0.367 e. The van der Waals surface area contributed by atoms with E-state index in [0.717, 1.165) is 19.6 Å². The first-order chi connectivity index (χ1) is 8.65. The van der Waals surface area contributed by atoms with Gasteiger partial charge >= 0.3 is 5.69 Å². The van der Waals surface area contributed by atoms with E-state index in [4.69, 9.17) is 11.6 Å². The van der Waals surface area contributed by atoms with Crippen LogP contribution in [0, 0.1) is 0 Å². The van der Waals surface area contributed by atoms with Crippen molar-refractivity contribution in [2.24, 2.45) is 0 Å². The van der Waals surface area contributed by atoms with Crippen molar-refractivity contribution >= 4 is 17.2 Å². The predicted molar refractivity (Wildman–Crippen MR) is 70.0 cm³/mol. The number of halogens is 1. The third-order valence-corrected chi connectivity index (χ3v) is 3.13. The highest BCUT2D eigenvalue weighted by Gasteiger charge is 2.09. The van der Waals surface area contributed by atoms with Crippen LogP contribution in [0.25, 0.3) is 5.65 Å². The molecule has 0 amide bonds. The molecule has 2 rings (SSSR count). The highest BCUT2D eigenvalue weighted by atomic mass is 35.5. The van der Waals surface area contributed by atoms with Crippen molar-refractivity contribution in [3.05, 3.63) is 27.8 Å². The lowest BCUT2D eigenvalue weighted by Gasteiger charge is -2.16. The average molecular weight is 270 g/mol. The van der Waals surface area contributed by atoms with Crippen molar-refractivity contribution in [1.29, 1.82) is 0 Å². The molecule has 2 aromatic heterocycles. The maximum Gasteiger partial charge on any atom is 0.367 e. The summed E-state index contributed by atoms with van der Waals surface area (Å²) in [4.78, 5) is 14.2. The Labute approximate surface area is 110 Å². The summed E-state index contributed by atoms with van der Waals surface area (Å²) in [7, 11) is 0. The van der Waals surface area contributed by atoms with E-state index in [1.54, 1.807) is 12.1 Å². The summed E-state index contributed by atoms with van der Waals surface area (Å²) in [5.74, 6) is 0. The smallest absolute Gasteiger partial charge is 0.302 e. The molecule has 0 unspecified atom stereocenters. The van der Waals surface area contributed by atoms with E-state index in [0.29, 0.717) is 12.2 Å². The van der Waals surface area contributed by atoms with Crippen LogP contribution in [0.3, 0.4) is 0 Å². The molecule has 98 valence electrons. The van der Waals surface area contributed by atoms with E-state index in [2.05, 4.69) is 28.9 Å². The Balaban J connectivity index is 2.24. The van der Waals surface area contributed by atoms with E-state index >= 15 is 0 Å². The molecule has 18 heavy (non-hydrogen) atoms. The van der Waals surface area contributed by atoms with Gasteiger partial charge in [-0.3, -0.25) is 0 Å². The second kappa shape index (κ2) is 5.49. The molecule has 0 aliphatic heterocycles. The fourth-order valence-electron chi connectivity index (χ4n) is 1.81. The summed E-state index contributed by atoms with van der Waals surface area (Å²) < 4.78 is 2.65. The van der Waals surface area contributed by atoms with Crippen molar-refractivity contribution in [3.8, 4) is 0 Å². The third-order valence-electron chi connectivity index (χ3n) is 2.93. The summed E-state index contributed by atoms with van der Waals surface area (Å²) in [6, 6.07) is 3.31. The molecule has 0 fully saturated rings. The number of nitrogens with zero attached hydrogens (tertiary/aromatic N) is 5. The average Bonchev–Trinajstić information content (AvgIpc) is 2.68. The molecule has 2 aromatic rings. The van der Waals surface area contributed by atoms with E-state index in [-0.39, 0.29) is 10.8 Å². The fourth-order valence-corrected chi connectivity index (χ4v) is 1.95. The molecule has 0 spiro atoms. The lowest BCUT2D eigenvalue weighted by atomic mass is 10.5. The lowest BCUT2D eigenvalue weighted by Crippen LogP contribution is -2.31. The van der Waals surface area contributed by atoms with Crippen LogP contribution in [0.5, 0.6) is 0 Å². The predicted octanol–water partition coefficient (Wildman–Crippen LogP) is 0.886. The second-order valence-corrected chi connectivity index (χ2v) is 4.35. The number of fused-ring (bicyclic) bond motifs is 1. The first-order valence-corrected chi connectivity index (χ1v) is 6.38. The maximum atomic E-state index is 12.0. The molecule has 0 radical (unpaired) electrons. The van der Waals surface area contributed by atoms with Gasteiger partial charge in [0.1, 0.15) is 5.15 Å². The van der Waals surface area contributed by atoms with Crippen LogP contribution in [0.4, 0.5) is 0 Å². The van der Waals surface area contributed by atoms with Crippen LogP contribution in [0.2, 0.25) is 5.15 Å². The summed E-state index contributed by atoms with van der Waals surface area (Å²) in [6.07, 6.45) is 0. The molecule has 0 aliphatic carbocycles. The van der Waals surface area contributed by atoms with Crippen LogP contribution in [-0.4, -0.2) is 43.9 Å². The Morgan fingerprint density at radius 1 is 1.28 bits per heavy atom. The van der Waals surface area contributed by atoms with Crippen molar-refractivity contribution in [2.75, 3.05) is 19.6 Å². The number of hydrogen-bond donors (Lipinski definition) is 0. The molecule has 0 atom stereocenters. The standard InChI is InChI=1S/C11H16ClN5O/c1-3-15(4-2)7-8-16-11(18)17-10(14-16)6-5-9(12)13-17/h5-6H,3-4,7-8H2,1-2H3. The van der Waals surface area contributed by atoms with Crippen LogP contribution >= 0.6 is 11.6 Å². The van der Waals surface area contributed by atoms with E-state index in [1.165, 1.54) is 9.20 Å². The molecule has 0 bridgehead atoms. The van der Waals surface area contributed by atoms with Gasteiger partial charge in [-0.2, -0.15) is 4.52 Å². The minimum Gasteiger partial charge on any atom is -0.302 e. The van der Waals surface area contributed by atoms with Gasteiger partial charge in [0.25, 0.3) is 0 Å². The molecule has 7 heteroatoms. The molecular formula is C11H16ClN5O. The molecule has 2 heterocycles. The van der Waals surface area contributed by atoms with Gasteiger partial charge in [-0.1, -0.05) is 25.4 Å². The molecule has 0 N–H and O–H groups in total. The fraction of sp³-hybridized carbons (Fsp3) is 0.545. The molecule has 0 aromatic carbocycles. The minimum atomic E-state index is -0.250. The van der Waals surface area contributed by atoms with Crippen molar-refractivity contribution in [2.45, 2.75) is 20.4 Å². The maximum absolute atomic E-state index is 12.0. The van der Waals surface area contributed by atoms with E-state index in [9.17, 15) is 4.79 Å². The Kier molecular flexibility index (Phi) is 3.98. The van der Waals surface area contributed by atoms with E-state index in [1.807, 2.05) is 0 Å². The normalized spacial score (nSPS) is 11.6. The number of aromatic nitrogens is 4. The quantitative estimate of drug-likeness (QED) is 0.809. The number of likely N-dealkylation sites (N-methyl/N-ethyl adjacent to an activating group) is 1. The third kappa shape index (κ3) is 2.54. The topological polar surface area (TPSA) is 55.4 Å². The Bertz CT molecular complexity index is 587. The van der Waals surface area contributed by atoms with Gasteiger partial charge in [0, 0.05) is 6.54 Å². The minimum absolute atomic E-state index is 0.250. The monoisotopic (exact) mass is 269 g/mol. The van der Waals surface area contributed by atoms with Gasteiger partial charge < -0.3 is 4.90 Å². The van der Waals surface area contributed by atoms with Gasteiger partial charge in [0.2, 0.25) is 0 Å². The van der Waals surface area contributed by atoms with Crippen molar-refractivity contribution in [3.63, 3.8) is 0 Å². The second-order valence-electron chi connectivity index (χ2n) is 3.96. The molecule has 6 nitrogen and oxygen atoms in total. The van der Waals surface area contributed by atoms with E-state index < -0.39 is 0 Å². The van der Waals surface area contributed by atoms with Gasteiger partial charge in [0.15, 0.2) is 5.65 Å². The highest BCUT2D eigenvalue weighted by Crippen LogP contribution is 2.03. The molecule has 0 aliphatic rings. The molecule has 0 saturated heterocycles. The zero-order valence-electron chi connectivity index (χ0n) is 10.5. The molecular weight excluding hydrogens is 254 g/mol. The van der Waals surface area contributed by atoms with Gasteiger partial charge in [-0.05, 0) is 25.2 Å². The number of hydrogen-bond acceptors (Lipinski definition) is 4. The molecule has 0 saturated carbocycles. The Morgan fingerprint density at radius 2 is 2.00 bits per heavy atom. The highest BCUT2D eigenvalue weighted by molar-refractivity contribution is 6.29. The zero-order chi connectivity index (χ0) is 13.1. The Morgan fingerprint density at radius 3 is 2.67 bits per heavy atom. The van der Waals surface area contributed by atoms with Crippen LogP contribution in [-0.2, 0) is 6.54 Å². The lowest BCUT2D eigenvalue weighted by molar-refractivity contribution is 0.283. The first-order valence-electron chi connectivity index (χ1n) is 6.00. The van der Waals surface area contributed by atoms with Crippen molar-refractivity contribution in [1.82, 2.24) is 24.3 Å². The summed E-state index contributed by atoms with van der Waals surface area (Å²) in [5, 5.41) is 8.43. The first kappa shape index (κ1) is 13.0. The van der Waals surface area contributed by atoms with Crippen molar-refractivity contribution < 1.29 is 0 Å². The van der Waals surface area contributed by atoms with Gasteiger partial charge in [0.05, 0.1) is 6.54 Å². The van der Waals surface area contributed by atoms with Gasteiger partial charge in [-0.15, -0.1) is 10.2 Å². The number of rotatable bonds is 5.